The summed E-state index contributed by atoms with van der Waals surface area (Å²) in [5.74, 6) is 0. The fraction of sp³-hybridized carbons (Fsp3) is 0.227. The molecule has 23 heavy (non-hydrogen) atoms. The molecular formula is C22H21N. The molecule has 0 saturated heterocycles. The largest absolute Gasteiger partial charge is 0.256 e. The van der Waals surface area contributed by atoms with Crippen molar-refractivity contribution in [2.24, 2.45) is 0 Å². The fourth-order valence-corrected chi connectivity index (χ4v) is 4.05. The van der Waals surface area contributed by atoms with E-state index >= 15 is 0 Å². The normalized spacial score (nSPS) is 14.4. The molecule has 0 atom stereocenters. The van der Waals surface area contributed by atoms with Gasteiger partial charge in [-0.3, -0.25) is 4.98 Å². The number of rotatable bonds is 1. The molecule has 0 aliphatic heterocycles. The van der Waals surface area contributed by atoms with E-state index in [0.29, 0.717) is 0 Å². The van der Waals surface area contributed by atoms with Crippen LogP contribution in [0, 0.1) is 13.8 Å². The lowest BCUT2D eigenvalue weighted by molar-refractivity contribution is 0.659. The van der Waals surface area contributed by atoms with E-state index < -0.39 is 0 Å². The number of aromatic nitrogens is 1. The van der Waals surface area contributed by atoms with Crippen molar-refractivity contribution in [1.29, 1.82) is 0 Å². The van der Waals surface area contributed by atoms with Crippen LogP contribution < -0.4 is 0 Å². The molecule has 0 amide bonds. The summed E-state index contributed by atoms with van der Waals surface area (Å²) < 4.78 is 0. The highest BCUT2D eigenvalue weighted by atomic mass is 14.7. The molecule has 0 fully saturated rings. The third-order valence-electron chi connectivity index (χ3n) is 4.96. The van der Waals surface area contributed by atoms with E-state index in [1.54, 1.807) is 0 Å². The molecular weight excluding hydrogens is 278 g/mol. The summed E-state index contributed by atoms with van der Waals surface area (Å²) in [5, 5.41) is 0. The summed E-state index contributed by atoms with van der Waals surface area (Å²) in [6, 6.07) is 17.6. The predicted molar refractivity (Wildman–Crippen MR) is 96.7 cm³/mol. The van der Waals surface area contributed by atoms with Crippen molar-refractivity contribution in [3.8, 4) is 22.4 Å². The van der Waals surface area contributed by atoms with Gasteiger partial charge in [-0.2, -0.15) is 0 Å². The molecule has 1 aromatic heterocycles. The summed E-state index contributed by atoms with van der Waals surface area (Å²) in [4.78, 5) is 4.78. The summed E-state index contributed by atoms with van der Waals surface area (Å²) in [7, 11) is 0. The van der Waals surface area contributed by atoms with Gasteiger partial charge in [0.15, 0.2) is 0 Å². The maximum Gasteiger partial charge on any atom is 0.0749 e. The average Bonchev–Trinajstić information content (AvgIpc) is 2.75. The molecule has 3 aromatic rings. The molecule has 0 N–H and O–H groups in total. The Labute approximate surface area is 138 Å². The third-order valence-corrected chi connectivity index (χ3v) is 4.96. The lowest BCUT2D eigenvalue weighted by Gasteiger charge is -2.24. The number of nitrogens with zero attached hydrogens (tertiary/aromatic N) is 1. The van der Waals surface area contributed by atoms with Gasteiger partial charge in [0, 0.05) is 17.2 Å². The minimum atomic E-state index is -0.0207. The van der Waals surface area contributed by atoms with Gasteiger partial charge >= 0.3 is 0 Å². The van der Waals surface area contributed by atoms with Gasteiger partial charge < -0.3 is 0 Å². The molecule has 0 saturated carbocycles. The molecule has 1 nitrogen and oxygen atoms in total. The maximum atomic E-state index is 4.78. The Morgan fingerprint density at radius 1 is 0.826 bits per heavy atom. The first-order chi connectivity index (χ1) is 11.0. The van der Waals surface area contributed by atoms with Crippen LogP contribution in [0.5, 0.6) is 0 Å². The topological polar surface area (TPSA) is 12.9 Å². The second kappa shape index (κ2) is 4.79. The molecule has 0 radical (unpaired) electrons. The van der Waals surface area contributed by atoms with Gasteiger partial charge in [0.25, 0.3) is 0 Å². The van der Waals surface area contributed by atoms with E-state index in [9.17, 15) is 0 Å². The lowest BCUT2D eigenvalue weighted by atomic mass is 9.80. The Morgan fingerprint density at radius 3 is 2.26 bits per heavy atom. The Morgan fingerprint density at radius 2 is 1.52 bits per heavy atom. The maximum absolute atomic E-state index is 4.78. The van der Waals surface area contributed by atoms with Gasteiger partial charge in [-0.25, -0.2) is 0 Å². The monoisotopic (exact) mass is 299 g/mol. The Kier molecular flexibility index (Phi) is 2.96. The predicted octanol–water partition coefficient (Wildman–Crippen LogP) is 5.67. The van der Waals surface area contributed by atoms with Crippen molar-refractivity contribution in [2.75, 3.05) is 0 Å². The first kappa shape index (κ1) is 14.2. The van der Waals surface area contributed by atoms with Crippen molar-refractivity contribution >= 4 is 0 Å². The van der Waals surface area contributed by atoms with Crippen LogP contribution in [0.25, 0.3) is 22.4 Å². The summed E-state index contributed by atoms with van der Waals surface area (Å²) in [6.45, 7) is 8.93. The van der Waals surface area contributed by atoms with Crippen LogP contribution in [-0.4, -0.2) is 4.98 Å². The summed E-state index contributed by atoms with van der Waals surface area (Å²) in [5.41, 5.74) is 10.3. The smallest absolute Gasteiger partial charge is 0.0749 e. The number of pyridine rings is 1. The highest BCUT2D eigenvalue weighted by Gasteiger charge is 2.37. The van der Waals surface area contributed by atoms with Crippen LogP contribution in [-0.2, 0) is 5.41 Å². The van der Waals surface area contributed by atoms with Crippen molar-refractivity contribution in [1.82, 2.24) is 4.98 Å². The lowest BCUT2D eigenvalue weighted by Crippen LogP contribution is -2.16. The highest BCUT2D eigenvalue weighted by molar-refractivity contribution is 5.86. The Bertz CT molecular complexity index is 899. The minimum Gasteiger partial charge on any atom is -0.256 e. The first-order valence-electron chi connectivity index (χ1n) is 8.16. The highest BCUT2D eigenvalue weighted by Crippen LogP contribution is 2.51. The molecule has 1 aliphatic rings. The molecule has 1 heteroatoms. The number of hydrogen-bond donors (Lipinski definition) is 0. The molecule has 0 bridgehead atoms. The van der Waals surface area contributed by atoms with Gasteiger partial charge in [0.1, 0.15) is 0 Å². The first-order valence-corrected chi connectivity index (χ1v) is 8.16. The van der Waals surface area contributed by atoms with Crippen LogP contribution in [0.3, 0.4) is 0 Å². The van der Waals surface area contributed by atoms with Gasteiger partial charge in [-0.15, -0.1) is 0 Å². The van der Waals surface area contributed by atoms with Gasteiger partial charge in [0.05, 0.1) is 5.69 Å². The van der Waals surface area contributed by atoms with E-state index in [0.717, 1.165) is 5.69 Å². The van der Waals surface area contributed by atoms with Crippen molar-refractivity contribution in [3.05, 3.63) is 77.0 Å². The van der Waals surface area contributed by atoms with Gasteiger partial charge in [-0.05, 0) is 54.3 Å². The van der Waals surface area contributed by atoms with Crippen molar-refractivity contribution < 1.29 is 0 Å². The molecule has 114 valence electrons. The third kappa shape index (κ3) is 2.03. The standard InChI is InChI=1S/C22H21N/c1-14-11-15(2)13-16(12-14)21-20-18(9-10-23-21)17-7-5-6-8-19(17)22(20,3)4/h5-13H,1-4H3. The average molecular weight is 299 g/mol. The molecule has 2 aromatic carbocycles. The van der Waals surface area contributed by atoms with Gasteiger partial charge in [-0.1, -0.05) is 55.3 Å². The van der Waals surface area contributed by atoms with Crippen LogP contribution in [0.2, 0.25) is 0 Å². The number of hydrogen-bond acceptors (Lipinski definition) is 1. The molecule has 1 aliphatic carbocycles. The van der Waals surface area contributed by atoms with Crippen LogP contribution >= 0.6 is 0 Å². The van der Waals surface area contributed by atoms with Crippen LogP contribution in [0.4, 0.5) is 0 Å². The van der Waals surface area contributed by atoms with E-state index in [1.165, 1.54) is 38.9 Å². The summed E-state index contributed by atoms with van der Waals surface area (Å²) in [6.07, 6.45) is 1.95. The zero-order chi connectivity index (χ0) is 16.2. The van der Waals surface area contributed by atoms with Gasteiger partial charge in [0.2, 0.25) is 0 Å². The number of fused-ring (bicyclic) bond motifs is 3. The Hall–Kier alpha value is -2.41. The van der Waals surface area contributed by atoms with Crippen LogP contribution in [0.1, 0.15) is 36.1 Å². The molecule has 0 spiro atoms. The molecule has 0 unspecified atom stereocenters. The molecule has 1 heterocycles. The second-order valence-electron chi connectivity index (χ2n) is 7.13. The zero-order valence-corrected chi connectivity index (χ0v) is 14.1. The number of benzene rings is 2. The van der Waals surface area contributed by atoms with E-state index in [-0.39, 0.29) is 5.41 Å². The van der Waals surface area contributed by atoms with Crippen LogP contribution in [0.15, 0.2) is 54.7 Å². The SMILES string of the molecule is Cc1cc(C)cc(-c2nccc3c2C(C)(C)c2ccccc2-3)c1. The van der Waals surface area contributed by atoms with E-state index in [2.05, 4.69) is 76.2 Å². The minimum absolute atomic E-state index is 0.0207. The second-order valence-corrected chi connectivity index (χ2v) is 7.13. The number of aryl methyl sites for hydroxylation is 2. The van der Waals surface area contributed by atoms with Crippen molar-refractivity contribution in [3.63, 3.8) is 0 Å². The van der Waals surface area contributed by atoms with E-state index in [4.69, 9.17) is 4.98 Å². The van der Waals surface area contributed by atoms with E-state index in [1.807, 2.05) is 6.20 Å². The summed E-state index contributed by atoms with van der Waals surface area (Å²) >= 11 is 0. The fourth-order valence-electron chi connectivity index (χ4n) is 4.05. The Balaban J connectivity index is 2.04. The van der Waals surface area contributed by atoms with Crippen molar-refractivity contribution in [2.45, 2.75) is 33.1 Å². The quantitative estimate of drug-likeness (QED) is 0.564. The zero-order valence-electron chi connectivity index (χ0n) is 14.1. The molecule has 4 rings (SSSR count).